The Labute approximate surface area is 110 Å². The van der Waals surface area contributed by atoms with Crippen molar-refractivity contribution in [2.24, 2.45) is 0 Å². The molecule has 92 valence electrons. The van der Waals surface area contributed by atoms with Gasteiger partial charge in [0, 0.05) is 23.7 Å². The Morgan fingerprint density at radius 1 is 1.28 bits per heavy atom. The number of Topliss-reactive ketones (excluding diaryl/α,β-unsaturated/α-hetero) is 1. The van der Waals surface area contributed by atoms with Crippen molar-refractivity contribution < 1.29 is 9.53 Å². The summed E-state index contributed by atoms with van der Waals surface area (Å²) in [7, 11) is 1.52. The monoisotopic (exact) mass is 261 g/mol. The number of nitrogens with zero attached hydrogens (tertiary/aromatic N) is 1. The van der Waals surface area contributed by atoms with E-state index in [2.05, 4.69) is 4.98 Å². The van der Waals surface area contributed by atoms with E-state index in [1.54, 1.807) is 18.3 Å². The van der Waals surface area contributed by atoms with Crippen molar-refractivity contribution in [1.82, 2.24) is 4.98 Å². The van der Waals surface area contributed by atoms with Crippen LogP contribution in [0, 0.1) is 0 Å². The number of carbonyl (C=O) groups excluding carboxylic acids is 1. The van der Waals surface area contributed by atoms with Gasteiger partial charge in [0.2, 0.25) is 0 Å². The molecule has 0 spiro atoms. The van der Waals surface area contributed by atoms with Crippen LogP contribution >= 0.6 is 11.6 Å². The SMILES string of the molecule is COc1cc(-c2cccc(Cl)c2)cnc1C(C)=O. The summed E-state index contributed by atoms with van der Waals surface area (Å²) in [4.78, 5) is 15.5. The Morgan fingerprint density at radius 3 is 2.67 bits per heavy atom. The molecule has 3 nitrogen and oxygen atoms in total. The molecule has 1 aromatic carbocycles. The van der Waals surface area contributed by atoms with Crippen LogP contribution in [0.1, 0.15) is 17.4 Å². The summed E-state index contributed by atoms with van der Waals surface area (Å²) < 4.78 is 5.18. The van der Waals surface area contributed by atoms with E-state index in [0.29, 0.717) is 16.5 Å². The number of pyridine rings is 1. The number of halogens is 1. The van der Waals surface area contributed by atoms with Crippen LogP contribution in [0.25, 0.3) is 11.1 Å². The summed E-state index contributed by atoms with van der Waals surface area (Å²) in [6, 6.07) is 9.22. The van der Waals surface area contributed by atoms with Gasteiger partial charge in [-0.05, 0) is 23.8 Å². The zero-order valence-electron chi connectivity index (χ0n) is 10.1. The molecular weight excluding hydrogens is 250 g/mol. The van der Waals surface area contributed by atoms with Gasteiger partial charge in [0.05, 0.1) is 7.11 Å². The van der Waals surface area contributed by atoms with Gasteiger partial charge in [0.1, 0.15) is 11.4 Å². The van der Waals surface area contributed by atoms with E-state index >= 15 is 0 Å². The minimum absolute atomic E-state index is 0.121. The van der Waals surface area contributed by atoms with Crippen LogP contribution in [0.4, 0.5) is 0 Å². The molecule has 2 rings (SSSR count). The number of benzene rings is 1. The Kier molecular flexibility index (Phi) is 3.63. The van der Waals surface area contributed by atoms with Crippen LogP contribution < -0.4 is 4.74 Å². The molecule has 0 aliphatic heterocycles. The lowest BCUT2D eigenvalue weighted by atomic mass is 10.1. The number of methoxy groups -OCH3 is 1. The molecule has 0 N–H and O–H groups in total. The highest BCUT2D eigenvalue weighted by molar-refractivity contribution is 6.30. The second-order valence-corrected chi connectivity index (χ2v) is 4.28. The normalized spacial score (nSPS) is 10.2. The zero-order chi connectivity index (χ0) is 13.1. The maximum Gasteiger partial charge on any atom is 0.181 e. The number of carbonyl (C=O) groups is 1. The maximum atomic E-state index is 11.4. The van der Waals surface area contributed by atoms with Crippen LogP contribution in [-0.4, -0.2) is 17.9 Å². The Hall–Kier alpha value is -1.87. The molecule has 0 saturated heterocycles. The highest BCUT2D eigenvalue weighted by Gasteiger charge is 2.11. The minimum Gasteiger partial charge on any atom is -0.494 e. The molecule has 0 bridgehead atoms. The van der Waals surface area contributed by atoms with Crippen LogP contribution in [0.5, 0.6) is 5.75 Å². The first-order valence-corrected chi connectivity index (χ1v) is 5.80. The smallest absolute Gasteiger partial charge is 0.181 e. The maximum absolute atomic E-state index is 11.4. The molecular formula is C14H12ClNO2. The molecule has 0 atom stereocenters. The lowest BCUT2D eigenvalue weighted by molar-refractivity contribution is 0.101. The second-order valence-electron chi connectivity index (χ2n) is 3.84. The van der Waals surface area contributed by atoms with E-state index in [1.807, 2.05) is 18.2 Å². The lowest BCUT2D eigenvalue weighted by Gasteiger charge is -2.08. The van der Waals surface area contributed by atoms with Crippen molar-refractivity contribution in [3.8, 4) is 16.9 Å². The van der Waals surface area contributed by atoms with Gasteiger partial charge in [0.15, 0.2) is 5.78 Å². The van der Waals surface area contributed by atoms with Gasteiger partial charge in [-0.1, -0.05) is 23.7 Å². The molecule has 0 radical (unpaired) electrons. The summed E-state index contributed by atoms with van der Waals surface area (Å²) in [5, 5.41) is 0.655. The molecule has 0 aliphatic rings. The highest BCUT2D eigenvalue weighted by Crippen LogP contribution is 2.27. The summed E-state index contributed by atoms with van der Waals surface area (Å²) >= 11 is 5.94. The Balaban J connectivity index is 2.51. The first-order valence-electron chi connectivity index (χ1n) is 5.42. The lowest BCUT2D eigenvalue weighted by Crippen LogP contribution is -2.01. The Bertz CT molecular complexity index is 596. The largest absolute Gasteiger partial charge is 0.494 e. The predicted octanol–water partition coefficient (Wildman–Crippen LogP) is 3.61. The number of ether oxygens (including phenoxy) is 1. The molecule has 0 unspecified atom stereocenters. The first-order chi connectivity index (χ1) is 8.61. The van der Waals surface area contributed by atoms with Crippen molar-refractivity contribution in [3.05, 3.63) is 47.2 Å². The van der Waals surface area contributed by atoms with Crippen LogP contribution in [0.2, 0.25) is 5.02 Å². The Morgan fingerprint density at radius 2 is 2.06 bits per heavy atom. The molecule has 1 aromatic heterocycles. The predicted molar refractivity (Wildman–Crippen MR) is 71.2 cm³/mol. The fraction of sp³-hybridized carbons (Fsp3) is 0.143. The van der Waals surface area contributed by atoms with Crippen molar-refractivity contribution >= 4 is 17.4 Å². The minimum atomic E-state index is -0.121. The molecule has 0 fully saturated rings. The van der Waals surface area contributed by atoms with Crippen LogP contribution in [-0.2, 0) is 0 Å². The highest BCUT2D eigenvalue weighted by atomic mass is 35.5. The fourth-order valence-corrected chi connectivity index (χ4v) is 1.88. The average molecular weight is 262 g/mol. The van der Waals surface area contributed by atoms with Gasteiger partial charge in [0.25, 0.3) is 0 Å². The van der Waals surface area contributed by atoms with Crippen LogP contribution in [0.3, 0.4) is 0 Å². The van der Waals surface area contributed by atoms with Gasteiger partial charge < -0.3 is 4.74 Å². The van der Waals surface area contributed by atoms with Crippen molar-refractivity contribution in [1.29, 1.82) is 0 Å². The summed E-state index contributed by atoms with van der Waals surface area (Å²) in [6.45, 7) is 1.46. The molecule has 18 heavy (non-hydrogen) atoms. The van der Waals surface area contributed by atoms with E-state index in [9.17, 15) is 4.79 Å². The molecule has 0 amide bonds. The average Bonchev–Trinajstić information content (AvgIpc) is 2.37. The number of ketones is 1. The third-order valence-electron chi connectivity index (χ3n) is 2.56. The number of rotatable bonds is 3. The van der Waals surface area contributed by atoms with Crippen molar-refractivity contribution in [3.63, 3.8) is 0 Å². The third-order valence-corrected chi connectivity index (χ3v) is 2.80. The fourth-order valence-electron chi connectivity index (χ4n) is 1.69. The molecule has 4 heteroatoms. The topological polar surface area (TPSA) is 39.2 Å². The van der Waals surface area contributed by atoms with E-state index in [1.165, 1.54) is 14.0 Å². The molecule has 0 aliphatic carbocycles. The molecule has 1 heterocycles. The van der Waals surface area contributed by atoms with Crippen LogP contribution in [0.15, 0.2) is 36.5 Å². The number of aromatic nitrogens is 1. The van der Waals surface area contributed by atoms with Gasteiger partial charge in [-0.2, -0.15) is 0 Å². The summed E-state index contributed by atoms with van der Waals surface area (Å²) in [5.41, 5.74) is 2.13. The van der Waals surface area contributed by atoms with Crippen molar-refractivity contribution in [2.75, 3.05) is 7.11 Å². The van der Waals surface area contributed by atoms with Crippen molar-refractivity contribution in [2.45, 2.75) is 6.92 Å². The summed E-state index contributed by atoms with van der Waals surface area (Å²) in [5.74, 6) is 0.351. The van der Waals surface area contributed by atoms with Gasteiger partial charge in [-0.15, -0.1) is 0 Å². The number of hydrogen-bond donors (Lipinski definition) is 0. The van der Waals surface area contributed by atoms with Gasteiger partial charge in [-0.25, -0.2) is 4.98 Å². The standard InChI is InChI=1S/C14H12ClNO2/c1-9(17)14-13(18-2)7-11(8-16-14)10-4-3-5-12(15)6-10/h3-8H,1-2H3. The van der Waals surface area contributed by atoms with E-state index in [-0.39, 0.29) is 5.78 Å². The van der Waals surface area contributed by atoms with E-state index in [0.717, 1.165) is 11.1 Å². The number of hydrogen-bond acceptors (Lipinski definition) is 3. The van der Waals surface area contributed by atoms with Gasteiger partial charge in [-0.3, -0.25) is 4.79 Å². The second kappa shape index (κ2) is 5.19. The van der Waals surface area contributed by atoms with E-state index in [4.69, 9.17) is 16.3 Å². The third kappa shape index (κ3) is 2.51. The summed E-state index contributed by atoms with van der Waals surface area (Å²) in [6.07, 6.45) is 1.64. The zero-order valence-corrected chi connectivity index (χ0v) is 10.9. The van der Waals surface area contributed by atoms with Gasteiger partial charge >= 0.3 is 0 Å². The molecule has 2 aromatic rings. The van der Waals surface area contributed by atoms with E-state index < -0.39 is 0 Å². The molecule has 0 saturated carbocycles. The first kappa shape index (κ1) is 12.6. The quantitative estimate of drug-likeness (QED) is 0.793.